The first-order valence-corrected chi connectivity index (χ1v) is 9.74. The zero-order valence-electron chi connectivity index (χ0n) is 15.9. The summed E-state index contributed by atoms with van der Waals surface area (Å²) in [5.74, 6) is -0.675. The number of likely N-dealkylation sites (N-methyl/N-ethyl adjacent to an activating group) is 1. The van der Waals surface area contributed by atoms with E-state index in [2.05, 4.69) is 34.3 Å². The number of likely N-dealkylation sites (tertiary alicyclic amines) is 2. The van der Waals surface area contributed by atoms with Gasteiger partial charge >= 0.3 is 5.97 Å². The molecular formula is C21H28N4O2. The van der Waals surface area contributed by atoms with Crippen molar-refractivity contribution in [3.05, 3.63) is 53.9 Å². The van der Waals surface area contributed by atoms with E-state index in [-0.39, 0.29) is 11.5 Å². The predicted octanol–water partition coefficient (Wildman–Crippen LogP) is 2.30. The lowest BCUT2D eigenvalue weighted by molar-refractivity contribution is -0.141. The van der Waals surface area contributed by atoms with E-state index < -0.39 is 5.97 Å². The highest BCUT2D eigenvalue weighted by Gasteiger charge is 2.46. The van der Waals surface area contributed by atoms with Gasteiger partial charge in [-0.25, -0.2) is 0 Å². The van der Waals surface area contributed by atoms with E-state index >= 15 is 0 Å². The zero-order valence-corrected chi connectivity index (χ0v) is 15.9. The van der Waals surface area contributed by atoms with Crippen molar-refractivity contribution in [2.45, 2.75) is 38.4 Å². The van der Waals surface area contributed by atoms with E-state index in [4.69, 9.17) is 0 Å². The van der Waals surface area contributed by atoms with Gasteiger partial charge in [0.15, 0.2) is 0 Å². The van der Waals surface area contributed by atoms with Crippen molar-refractivity contribution in [1.82, 2.24) is 19.6 Å². The van der Waals surface area contributed by atoms with Crippen molar-refractivity contribution in [3.63, 3.8) is 0 Å². The Kier molecular flexibility index (Phi) is 5.02. The summed E-state index contributed by atoms with van der Waals surface area (Å²) < 4.78 is 1.94. The molecule has 0 amide bonds. The van der Waals surface area contributed by atoms with Crippen LogP contribution in [0.1, 0.15) is 30.4 Å². The fraction of sp³-hybridized carbons (Fsp3) is 0.524. The van der Waals surface area contributed by atoms with Gasteiger partial charge in [0.05, 0.1) is 6.54 Å². The second-order valence-corrected chi connectivity index (χ2v) is 8.27. The third kappa shape index (κ3) is 4.06. The Morgan fingerprint density at radius 3 is 2.59 bits per heavy atom. The van der Waals surface area contributed by atoms with Crippen LogP contribution in [-0.4, -0.2) is 63.4 Å². The van der Waals surface area contributed by atoms with Crippen LogP contribution in [0.25, 0.3) is 0 Å². The molecule has 0 aliphatic carbocycles. The molecule has 1 aromatic heterocycles. The van der Waals surface area contributed by atoms with E-state index in [9.17, 15) is 9.90 Å². The second kappa shape index (κ2) is 7.44. The number of carboxylic acids is 1. The van der Waals surface area contributed by atoms with Crippen molar-refractivity contribution >= 4 is 5.97 Å². The molecule has 1 spiro atoms. The molecule has 144 valence electrons. The summed E-state index contributed by atoms with van der Waals surface area (Å²) in [6.07, 6.45) is 6.77. The predicted molar refractivity (Wildman–Crippen MR) is 103 cm³/mol. The summed E-state index contributed by atoms with van der Waals surface area (Å²) in [5.41, 5.74) is 2.80. The normalized spacial score (nSPS) is 23.1. The maximum Gasteiger partial charge on any atom is 0.320 e. The first-order chi connectivity index (χ1) is 13.0. The van der Waals surface area contributed by atoms with Gasteiger partial charge in [-0.15, -0.1) is 0 Å². The second-order valence-electron chi connectivity index (χ2n) is 8.27. The smallest absolute Gasteiger partial charge is 0.320 e. The Morgan fingerprint density at radius 2 is 1.96 bits per heavy atom. The lowest BCUT2D eigenvalue weighted by Gasteiger charge is -2.39. The van der Waals surface area contributed by atoms with Crippen LogP contribution in [0.4, 0.5) is 0 Å². The van der Waals surface area contributed by atoms with Gasteiger partial charge in [0.25, 0.3) is 0 Å². The molecule has 27 heavy (non-hydrogen) atoms. The quantitative estimate of drug-likeness (QED) is 0.877. The molecule has 6 heteroatoms. The Hall–Kier alpha value is -2.18. The highest BCUT2D eigenvalue weighted by Crippen LogP contribution is 2.43. The average Bonchev–Trinajstić information content (AvgIpc) is 3.26. The molecule has 2 aliphatic rings. The van der Waals surface area contributed by atoms with Gasteiger partial charge in [0.2, 0.25) is 0 Å². The van der Waals surface area contributed by atoms with Gasteiger partial charge in [-0.2, -0.15) is 5.10 Å². The number of benzene rings is 1. The molecule has 1 atom stereocenters. The summed E-state index contributed by atoms with van der Waals surface area (Å²) in [7, 11) is 1.95. The molecule has 0 bridgehead atoms. The molecule has 2 fully saturated rings. The summed E-state index contributed by atoms with van der Waals surface area (Å²) >= 11 is 0. The molecule has 0 saturated carbocycles. The Morgan fingerprint density at radius 1 is 1.22 bits per heavy atom. The number of hydrogen-bond donors (Lipinski definition) is 1. The van der Waals surface area contributed by atoms with E-state index in [1.807, 2.05) is 35.1 Å². The topological polar surface area (TPSA) is 61.6 Å². The van der Waals surface area contributed by atoms with Crippen molar-refractivity contribution in [2.75, 3.05) is 26.7 Å². The van der Waals surface area contributed by atoms with Crippen molar-refractivity contribution in [3.8, 4) is 0 Å². The number of rotatable bonds is 5. The van der Waals surface area contributed by atoms with Crippen molar-refractivity contribution < 1.29 is 9.90 Å². The third-order valence-electron chi connectivity index (χ3n) is 6.25. The van der Waals surface area contributed by atoms with Gasteiger partial charge in [0.1, 0.15) is 6.04 Å². The summed E-state index contributed by atoms with van der Waals surface area (Å²) in [6.45, 7) is 4.76. The fourth-order valence-electron chi connectivity index (χ4n) is 4.76. The van der Waals surface area contributed by atoms with E-state index in [1.54, 1.807) is 0 Å². The SMILES string of the molecule is CN1CC2(CCN(Cc3cccc(Cn4cccn4)c3)CC2)CC1C(=O)O. The Balaban J connectivity index is 1.34. The van der Waals surface area contributed by atoms with Crippen LogP contribution in [0, 0.1) is 5.41 Å². The summed E-state index contributed by atoms with van der Waals surface area (Å²) in [6, 6.07) is 10.4. The number of aromatic nitrogens is 2. The van der Waals surface area contributed by atoms with Crippen LogP contribution in [0.3, 0.4) is 0 Å². The van der Waals surface area contributed by atoms with Crippen LogP contribution in [-0.2, 0) is 17.9 Å². The van der Waals surface area contributed by atoms with Gasteiger partial charge in [0, 0.05) is 25.5 Å². The average molecular weight is 368 g/mol. The van der Waals surface area contributed by atoms with Gasteiger partial charge < -0.3 is 5.11 Å². The molecular weight excluding hydrogens is 340 g/mol. The molecule has 2 aliphatic heterocycles. The lowest BCUT2D eigenvalue weighted by Crippen LogP contribution is -2.40. The Bertz CT molecular complexity index is 781. The van der Waals surface area contributed by atoms with Crippen LogP contribution in [0.5, 0.6) is 0 Å². The van der Waals surface area contributed by atoms with Gasteiger partial charge in [-0.3, -0.25) is 19.3 Å². The lowest BCUT2D eigenvalue weighted by atomic mass is 9.76. The molecule has 1 N–H and O–H groups in total. The molecule has 2 aromatic rings. The minimum atomic E-state index is -0.675. The number of nitrogens with zero attached hydrogens (tertiary/aromatic N) is 4. The molecule has 0 radical (unpaired) electrons. The highest BCUT2D eigenvalue weighted by atomic mass is 16.4. The maximum atomic E-state index is 11.4. The number of carbonyl (C=O) groups is 1. The molecule has 3 heterocycles. The van der Waals surface area contributed by atoms with Crippen molar-refractivity contribution in [1.29, 1.82) is 0 Å². The van der Waals surface area contributed by atoms with Crippen LogP contribution >= 0.6 is 0 Å². The summed E-state index contributed by atoms with van der Waals surface area (Å²) in [5, 5.41) is 13.7. The third-order valence-corrected chi connectivity index (χ3v) is 6.25. The van der Waals surface area contributed by atoms with Crippen LogP contribution in [0.15, 0.2) is 42.7 Å². The minimum absolute atomic E-state index is 0.191. The van der Waals surface area contributed by atoms with Gasteiger partial charge in [-0.05, 0) is 62.0 Å². The standard InChI is InChI=1S/C21H28N4O2/c1-23-16-21(13-19(23)20(26)27)6-10-24(11-7-21)14-17-4-2-5-18(12-17)15-25-9-3-8-22-25/h2-5,8-9,12,19H,6-7,10-11,13-16H2,1H3,(H,26,27). The molecule has 6 nitrogen and oxygen atoms in total. The first-order valence-electron chi connectivity index (χ1n) is 9.74. The monoisotopic (exact) mass is 368 g/mol. The number of carboxylic acid groups (broad SMARTS) is 1. The first kappa shape index (κ1) is 18.2. The number of piperidine rings is 1. The van der Waals surface area contributed by atoms with Crippen LogP contribution < -0.4 is 0 Å². The molecule has 4 rings (SSSR count). The molecule has 1 aromatic carbocycles. The fourth-order valence-corrected chi connectivity index (χ4v) is 4.76. The zero-order chi connectivity index (χ0) is 18.9. The van der Waals surface area contributed by atoms with Crippen molar-refractivity contribution in [2.24, 2.45) is 5.41 Å². The largest absolute Gasteiger partial charge is 0.480 e. The van der Waals surface area contributed by atoms with E-state index in [0.29, 0.717) is 0 Å². The molecule has 1 unspecified atom stereocenters. The van der Waals surface area contributed by atoms with Crippen LogP contribution in [0.2, 0.25) is 0 Å². The number of aliphatic carboxylic acids is 1. The highest BCUT2D eigenvalue weighted by molar-refractivity contribution is 5.74. The number of hydrogen-bond acceptors (Lipinski definition) is 4. The molecule has 2 saturated heterocycles. The van der Waals surface area contributed by atoms with E-state index in [0.717, 1.165) is 52.0 Å². The maximum absolute atomic E-state index is 11.4. The van der Waals surface area contributed by atoms with Gasteiger partial charge in [-0.1, -0.05) is 24.3 Å². The summed E-state index contributed by atoms with van der Waals surface area (Å²) in [4.78, 5) is 16.0. The minimum Gasteiger partial charge on any atom is -0.480 e. The Labute approximate surface area is 160 Å². The van der Waals surface area contributed by atoms with E-state index in [1.165, 1.54) is 11.1 Å².